The van der Waals surface area contributed by atoms with Crippen molar-refractivity contribution in [2.45, 2.75) is 38.5 Å². The third-order valence-electron chi connectivity index (χ3n) is 2.25. The van der Waals surface area contributed by atoms with E-state index >= 15 is 0 Å². The minimum absolute atomic E-state index is 0.00940. The quantitative estimate of drug-likeness (QED) is 0.653. The van der Waals surface area contributed by atoms with E-state index < -0.39 is 11.7 Å². The molecule has 0 bridgehead atoms. The topological polar surface area (TPSA) is 67.6 Å². The van der Waals surface area contributed by atoms with E-state index in [1.807, 2.05) is 27.8 Å². The van der Waals surface area contributed by atoms with Crippen LogP contribution in [0.2, 0.25) is 0 Å². The Morgan fingerprint density at radius 1 is 1.47 bits per heavy atom. The maximum Gasteiger partial charge on any atom is 0.407 e. The number of nitrogens with one attached hydrogen (secondary N) is 1. The van der Waals surface area contributed by atoms with Crippen molar-refractivity contribution < 1.29 is 9.53 Å². The van der Waals surface area contributed by atoms with Gasteiger partial charge >= 0.3 is 6.09 Å². The molecule has 0 saturated carbocycles. The van der Waals surface area contributed by atoms with E-state index in [9.17, 15) is 4.79 Å². The molecule has 0 spiro atoms. The maximum absolute atomic E-state index is 11.5. The highest BCUT2D eigenvalue weighted by Crippen LogP contribution is 2.09. The van der Waals surface area contributed by atoms with E-state index in [0.29, 0.717) is 0 Å². The Hall–Kier alpha value is -0.810. The lowest BCUT2D eigenvalue weighted by atomic mass is 10.2. The van der Waals surface area contributed by atoms with Crippen molar-refractivity contribution in [3.05, 3.63) is 0 Å². The summed E-state index contributed by atoms with van der Waals surface area (Å²) in [5, 5.41) is 2.79. The number of likely N-dealkylation sites (tertiary alicyclic amines) is 1. The second-order valence-electron chi connectivity index (χ2n) is 5.14. The average molecular weight is 215 g/mol. The summed E-state index contributed by atoms with van der Waals surface area (Å²) < 4.78 is 5.16. The molecule has 0 aliphatic carbocycles. The molecule has 3 N–H and O–H groups in total. The Morgan fingerprint density at radius 2 is 2.07 bits per heavy atom. The summed E-state index contributed by atoms with van der Waals surface area (Å²) in [4.78, 5) is 13.5. The van der Waals surface area contributed by atoms with Crippen molar-refractivity contribution in [3.63, 3.8) is 0 Å². The van der Waals surface area contributed by atoms with Gasteiger partial charge in [-0.1, -0.05) is 0 Å². The van der Waals surface area contributed by atoms with Crippen molar-refractivity contribution in [1.82, 2.24) is 10.2 Å². The summed E-state index contributed by atoms with van der Waals surface area (Å²) in [7, 11) is 1.98. The zero-order chi connectivity index (χ0) is 11.6. The zero-order valence-electron chi connectivity index (χ0n) is 9.91. The number of hydrogen-bond donors (Lipinski definition) is 2. The second-order valence-corrected chi connectivity index (χ2v) is 5.14. The number of rotatable bonds is 1. The van der Waals surface area contributed by atoms with Crippen LogP contribution in [-0.4, -0.2) is 48.8 Å². The third-order valence-corrected chi connectivity index (χ3v) is 2.25. The lowest BCUT2D eigenvalue weighted by molar-refractivity contribution is 0.0503. The standard InChI is InChI=1S/C10H21N3O2/c1-10(2,3)15-9(14)12-8-6-13(4)5-7(8)11/h7-8H,5-6,11H2,1-4H3,(H,12,14)/t7-,8-/m1/s1. The first-order valence-corrected chi connectivity index (χ1v) is 5.21. The van der Waals surface area contributed by atoms with Gasteiger partial charge < -0.3 is 20.7 Å². The van der Waals surface area contributed by atoms with Crippen LogP contribution in [0, 0.1) is 0 Å². The fourth-order valence-electron chi connectivity index (χ4n) is 1.64. The van der Waals surface area contributed by atoms with Crippen LogP contribution in [0.1, 0.15) is 20.8 Å². The summed E-state index contributed by atoms with van der Waals surface area (Å²) in [6.07, 6.45) is -0.391. The Balaban J connectivity index is 2.39. The van der Waals surface area contributed by atoms with Crippen molar-refractivity contribution >= 4 is 6.09 Å². The van der Waals surface area contributed by atoms with Gasteiger partial charge in [-0.05, 0) is 27.8 Å². The molecule has 1 saturated heterocycles. The van der Waals surface area contributed by atoms with Crippen molar-refractivity contribution in [2.24, 2.45) is 5.73 Å². The van der Waals surface area contributed by atoms with Gasteiger partial charge in [0.2, 0.25) is 0 Å². The predicted octanol–water partition coefficient (Wildman–Crippen LogP) is 0.152. The van der Waals surface area contributed by atoms with Gasteiger partial charge in [0, 0.05) is 19.1 Å². The number of alkyl carbamates (subject to hydrolysis) is 1. The maximum atomic E-state index is 11.5. The monoisotopic (exact) mass is 215 g/mol. The smallest absolute Gasteiger partial charge is 0.407 e. The molecule has 0 aromatic rings. The first kappa shape index (κ1) is 12.3. The van der Waals surface area contributed by atoms with Crippen LogP contribution in [0.3, 0.4) is 0 Å². The van der Waals surface area contributed by atoms with E-state index in [1.54, 1.807) is 0 Å². The number of carbonyl (C=O) groups excluding carboxylic acids is 1. The normalized spacial score (nSPS) is 27.8. The summed E-state index contributed by atoms with van der Waals surface area (Å²) >= 11 is 0. The molecule has 5 nitrogen and oxygen atoms in total. The SMILES string of the molecule is CN1C[C@@H](N)[C@H](NC(=O)OC(C)(C)C)C1. The minimum Gasteiger partial charge on any atom is -0.444 e. The number of nitrogens with two attached hydrogens (primary N) is 1. The first-order chi connectivity index (χ1) is 6.78. The van der Waals surface area contributed by atoms with Crippen molar-refractivity contribution in [2.75, 3.05) is 20.1 Å². The number of likely N-dealkylation sites (N-methyl/N-ethyl adjacent to an activating group) is 1. The molecule has 1 rings (SSSR count). The molecular weight excluding hydrogens is 194 g/mol. The van der Waals surface area contributed by atoms with Crippen LogP contribution in [0.25, 0.3) is 0 Å². The summed E-state index contributed by atoms with van der Waals surface area (Å²) in [5.41, 5.74) is 5.41. The molecule has 0 unspecified atom stereocenters. The van der Waals surface area contributed by atoms with Crippen LogP contribution < -0.4 is 11.1 Å². The molecule has 1 aliphatic heterocycles. The Labute approximate surface area is 90.9 Å². The lowest BCUT2D eigenvalue weighted by Gasteiger charge is -2.22. The summed E-state index contributed by atoms with van der Waals surface area (Å²) in [5.74, 6) is 0. The van der Waals surface area contributed by atoms with Crippen LogP contribution in [-0.2, 0) is 4.74 Å². The Morgan fingerprint density at radius 3 is 2.47 bits per heavy atom. The van der Waals surface area contributed by atoms with E-state index in [-0.39, 0.29) is 12.1 Å². The predicted molar refractivity (Wildman–Crippen MR) is 58.6 cm³/mol. The Kier molecular flexibility index (Phi) is 3.57. The largest absolute Gasteiger partial charge is 0.444 e. The van der Waals surface area contributed by atoms with E-state index in [1.165, 1.54) is 0 Å². The van der Waals surface area contributed by atoms with Crippen LogP contribution >= 0.6 is 0 Å². The minimum atomic E-state index is -0.460. The highest BCUT2D eigenvalue weighted by Gasteiger charge is 2.30. The van der Waals surface area contributed by atoms with Crippen LogP contribution in [0.4, 0.5) is 4.79 Å². The molecule has 1 aliphatic rings. The Bertz CT molecular complexity index is 237. The van der Waals surface area contributed by atoms with Gasteiger partial charge in [0.25, 0.3) is 0 Å². The number of nitrogens with zero attached hydrogens (tertiary/aromatic N) is 1. The molecule has 5 heteroatoms. The van der Waals surface area contributed by atoms with Crippen LogP contribution in [0.5, 0.6) is 0 Å². The number of ether oxygens (including phenoxy) is 1. The molecule has 0 aromatic carbocycles. The lowest BCUT2D eigenvalue weighted by Crippen LogP contribution is -2.48. The average Bonchev–Trinajstić information content (AvgIpc) is 2.25. The third kappa shape index (κ3) is 4.05. The zero-order valence-corrected chi connectivity index (χ0v) is 9.91. The molecule has 1 amide bonds. The van der Waals surface area contributed by atoms with E-state index in [0.717, 1.165) is 13.1 Å². The van der Waals surface area contributed by atoms with Gasteiger partial charge in [-0.25, -0.2) is 4.79 Å². The molecule has 1 fully saturated rings. The number of hydrogen-bond acceptors (Lipinski definition) is 4. The molecule has 88 valence electrons. The second kappa shape index (κ2) is 4.37. The van der Waals surface area contributed by atoms with Crippen molar-refractivity contribution in [1.29, 1.82) is 0 Å². The summed E-state index contributed by atoms with van der Waals surface area (Å²) in [6.45, 7) is 7.11. The van der Waals surface area contributed by atoms with Crippen molar-refractivity contribution in [3.8, 4) is 0 Å². The summed E-state index contributed by atoms with van der Waals surface area (Å²) in [6, 6.07) is -0.0210. The van der Waals surface area contributed by atoms with Gasteiger partial charge in [-0.15, -0.1) is 0 Å². The molecule has 1 heterocycles. The van der Waals surface area contributed by atoms with E-state index in [4.69, 9.17) is 10.5 Å². The first-order valence-electron chi connectivity index (χ1n) is 5.21. The molecule has 2 atom stereocenters. The van der Waals surface area contributed by atoms with Gasteiger partial charge in [-0.2, -0.15) is 0 Å². The van der Waals surface area contributed by atoms with Gasteiger partial charge in [0.15, 0.2) is 0 Å². The molecule has 0 aromatic heterocycles. The highest BCUT2D eigenvalue weighted by molar-refractivity contribution is 5.68. The molecular formula is C10H21N3O2. The van der Waals surface area contributed by atoms with Gasteiger partial charge in [-0.3, -0.25) is 0 Å². The van der Waals surface area contributed by atoms with Gasteiger partial charge in [0.05, 0.1) is 6.04 Å². The fourth-order valence-corrected chi connectivity index (χ4v) is 1.64. The molecule has 0 radical (unpaired) electrons. The van der Waals surface area contributed by atoms with E-state index in [2.05, 4.69) is 10.2 Å². The fraction of sp³-hybridized carbons (Fsp3) is 0.900. The van der Waals surface area contributed by atoms with Gasteiger partial charge in [0.1, 0.15) is 5.60 Å². The van der Waals surface area contributed by atoms with Crippen LogP contribution in [0.15, 0.2) is 0 Å². The number of amides is 1. The number of carbonyl (C=O) groups is 1. The highest BCUT2D eigenvalue weighted by atomic mass is 16.6. The molecule has 15 heavy (non-hydrogen) atoms.